The number of aromatic nitrogens is 2. The minimum absolute atomic E-state index is 0.0636. The topological polar surface area (TPSA) is 49.0 Å². The number of nitrogens with zero attached hydrogens (tertiary/aromatic N) is 2. The van der Waals surface area contributed by atoms with Gasteiger partial charge >= 0.3 is 0 Å². The maximum Gasteiger partial charge on any atom is 0.274 e. The zero-order chi connectivity index (χ0) is 15.1. The first-order valence-corrected chi connectivity index (χ1v) is 7.22. The van der Waals surface area contributed by atoms with Crippen LogP contribution in [0.15, 0.2) is 42.5 Å². The zero-order valence-corrected chi connectivity index (χ0v) is 12.5. The highest BCUT2D eigenvalue weighted by Crippen LogP contribution is 2.06. The van der Waals surface area contributed by atoms with Gasteiger partial charge in [0.1, 0.15) is 5.69 Å². The lowest BCUT2D eigenvalue weighted by Gasteiger charge is -2.12. The molecule has 4 nitrogen and oxygen atoms in total. The van der Waals surface area contributed by atoms with Crippen LogP contribution in [-0.4, -0.2) is 34.6 Å². The first-order chi connectivity index (χ1) is 10.2. The highest BCUT2D eigenvalue weighted by Gasteiger charge is 2.13. The smallest absolute Gasteiger partial charge is 0.274 e. The molecule has 1 amide bonds. The molecule has 0 spiro atoms. The van der Waals surface area contributed by atoms with Crippen molar-refractivity contribution in [2.45, 2.75) is 19.8 Å². The summed E-state index contributed by atoms with van der Waals surface area (Å²) in [6.45, 7) is 2.66. The van der Waals surface area contributed by atoms with Crippen molar-refractivity contribution in [3.63, 3.8) is 0 Å². The van der Waals surface area contributed by atoms with Gasteiger partial charge in [0.25, 0.3) is 5.91 Å². The predicted molar refractivity (Wildman–Crippen MR) is 85.0 cm³/mol. The summed E-state index contributed by atoms with van der Waals surface area (Å²) in [6.07, 6.45) is 5.94. The van der Waals surface area contributed by atoms with Crippen LogP contribution in [0.5, 0.6) is 0 Å². The van der Waals surface area contributed by atoms with Crippen LogP contribution in [0.2, 0.25) is 0 Å². The van der Waals surface area contributed by atoms with Crippen LogP contribution in [-0.2, 0) is 6.42 Å². The maximum absolute atomic E-state index is 12.2. The number of likely N-dealkylation sites (N-methyl/N-ethyl adjacent to an activating group) is 1. The molecule has 0 unspecified atom stereocenters. The minimum Gasteiger partial charge on any atom is -0.337 e. The van der Waals surface area contributed by atoms with Gasteiger partial charge in [0.15, 0.2) is 0 Å². The van der Waals surface area contributed by atoms with Crippen molar-refractivity contribution in [3.8, 4) is 0 Å². The molecule has 0 aliphatic rings. The van der Waals surface area contributed by atoms with Gasteiger partial charge in [-0.2, -0.15) is 5.10 Å². The summed E-state index contributed by atoms with van der Waals surface area (Å²) in [5, 5.41) is 6.99. The number of aromatic amines is 1. The SMILES string of the molecule is CCCc1cc(C(=O)N(C)CC=Cc2ccccc2)n[nH]1. The van der Waals surface area contributed by atoms with E-state index in [2.05, 4.69) is 17.1 Å². The van der Waals surface area contributed by atoms with Crippen molar-refractivity contribution >= 4 is 12.0 Å². The van der Waals surface area contributed by atoms with E-state index in [-0.39, 0.29) is 5.91 Å². The summed E-state index contributed by atoms with van der Waals surface area (Å²) in [4.78, 5) is 13.9. The predicted octanol–water partition coefficient (Wildman–Crippen LogP) is 3.15. The average molecular weight is 283 g/mol. The number of carbonyl (C=O) groups is 1. The lowest BCUT2D eigenvalue weighted by atomic mass is 10.2. The van der Waals surface area contributed by atoms with E-state index in [1.807, 2.05) is 48.6 Å². The number of H-pyrrole nitrogens is 1. The molecule has 1 aromatic carbocycles. The minimum atomic E-state index is -0.0636. The Labute approximate surface area is 125 Å². The van der Waals surface area contributed by atoms with Gasteiger partial charge in [-0.25, -0.2) is 0 Å². The van der Waals surface area contributed by atoms with Crippen LogP contribution in [0.4, 0.5) is 0 Å². The molecule has 2 aromatic rings. The van der Waals surface area contributed by atoms with Crippen molar-refractivity contribution in [1.29, 1.82) is 0 Å². The molecule has 0 saturated heterocycles. The van der Waals surface area contributed by atoms with Crippen LogP contribution in [0, 0.1) is 0 Å². The van der Waals surface area contributed by atoms with E-state index in [4.69, 9.17) is 0 Å². The quantitative estimate of drug-likeness (QED) is 0.885. The molecule has 0 bridgehead atoms. The molecule has 4 heteroatoms. The van der Waals surface area contributed by atoms with Crippen molar-refractivity contribution < 1.29 is 4.79 Å². The van der Waals surface area contributed by atoms with Gasteiger partial charge in [-0.15, -0.1) is 0 Å². The van der Waals surface area contributed by atoms with Gasteiger partial charge in [-0.05, 0) is 18.1 Å². The van der Waals surface area contributed by atoms with E-state index in [9.17, 15) is 4.79 Å². The Morgan fingerprint density at radius 3 is 2.81 bits per heavy atom. The lowest BCUT2D eigenvalue weighted by molar-refractivity contribution is 0.0804. The molecule has 2 rings (SSSR count). The average Bonchev–Trinajstić information content (AvgIpc) is 2.96. The number of aryl methyl sites for hydroxylation is 1. The fourth-order valence-corrected chi connectivity index (χ4v) is 2.06. The van der Waals surface area contributed by atoms with Gasteiger partial charge in [0, 0.05) is 19.3 Å². The largest absolute Gasteiger partial charge is 0.337 e. The summed E-state index contributed by atoms with van der Waals surface area (Å²) >= 11 is 0. The second-order valence-electron chi connectivity index (χ2n) is 5.03. The van der Waals surface area contributed by atoms with Gasteiger partial charge in [0.2, 0.25) is 0 Å². The summed E-state index contributed by atoms with van der Waals surface area (Å²) < 4.78 is 0. The standard InChI is InChI=1S/C17H21N3O/c1-3-8-15-13-16(19-18-15)17(21)20(2)12-7-11-14-9-5-4-6-10-14/h4-7,9-11,13H,3,8,12H2,1-2H3,(H,18,19). The fraction of sp³-hybridized carbons (Fsp3) is 0.294. The van der Waals surface area contributed by atoms with Crippen molar-refractivity contribution in [2.24, 2.45) is 0 Å². The van der Waals surface area contributed by atoms with E-state index in [1.165, 1.54) is 0 Å². The Balaban J connectivity index is 1.91. The van der Waals surface area contributed by atoms with Crippen LogP contribution in [0.1, 0.15) is 35.1 Å². The normalized spacial score (nSPS) is 11.0. The Morgan fingerprint density at radius 2 is 2.10 bits per heavy atom. The molecular weight excluding hydrogens is 262 g/mol. The molecule has 1 heterocycles. The number of rotatable bonds is 6. The first-order valence-electron chi connectivity index (χ1n) is 7.22. The van der Waals surface area contributed by atoms with Crippen molar-refractivity contribution in [3.05, 3.63) is 59.4 Å². The zero-order valence-electron chi connectivity index (χ0n) is 12.5. The summed E-state index contributed by atoms with van der Waals surface area (Å²) in [6, 6.07) is 11.9. The molecule has 110 valence electrons. The van der Waals surface area contributed by atoms with Crippen molar-refractivity contribution in [1.82, 2.24) is 15.1 Å². The van der Waals surface area contributed by atoms with E-state index in [0.29, 0.717) is 12.2 Å². The van der Waals surface area contributed by atoms with Crippen LogP contribution < -0.4 is 0 Å². The number of hydrogen-bond acceptors (Lipinski definition) is 2. The molecule has 0 saturated carbocycles. The van der Waals surface area contributed by atoms with Gasteiger partial charge in [-0.1, -0.05) is 55.8 Å². The van der Waals surface area contributed by atoms with Gasteiger partial charge in [-0.3, -0.25) is 9.89 Å². The second kappa shape index (κ2) is 7.43. The summed E-state index contributed by atoms with van der Waals surface area (Å²) in [5.41, 5.74) is 2.62. The monoisotopic (exact) mass is 283 g/mol. The molecule has 0 atom stereocenters. The lowest BCUT2D eigenvalue weighted by Crippen LogP contribution is -2.27. The molecule has 0 radical (unpaired) electrons. The Bertz CT molecular complexity index is 602. The fourth-order valence-electron chi connectivity index (χ4n) is 2.06. The molecule has 1 N–H and O–H groups in total. The molecule has 1 aromatic heterocycles. The molecule has 0 fully saturated rings. The second-order valence-corrected chi connectivity index (χ2v) is 5.03. The third kappa shape index (κ3) is 4.31. The Morgan fingerprint density at radius 1 is 1.33 bits per heavy atom. The van der Waals surface area contributed by atoms with Crippen LogP contribution in [0.25, 0.3) is 6.08 Å². The Kier molecular flexibility index (Phi) is 5.32. The summed E-state index contributed by atoms with van der Waals surface area (Å²) in [5.74, 6) is -0.0636. The molecular formula is C17H21N3O. The van der Waals surface area contributed by atoms with Crippen LogP contribution >= 0.6 is 0 Å². The van der Waals surface area contributed by atoms with Crippen molar-refractivity contribution in [2.75, 3.05) is 13.6 Å². The van der Waals surface area contributed by atoms with Gasteiger partial charge < -0.3 is 4.90 Å². The third-order valence-electron chi connectivity index (χ3n) is 3.21. The third-order valence-corrected chi connectivity index (χ3v) is 3.21. The van der Waals surface area contributed by atoms with E-state index in [0.717, 1.165) is 24.1 Å². The number of carbonyl (C=O) groups excluding carboxylic acids is 1. The first kappa shape index (κ1) is 15.0. The van der Waals surface area contributed by atoms with E-state index < -0.39 is 0 Å². The Hall–Kier alpha value is -2.36. The number of benzene rings is 1. The van der Waals surface area contributed by atoms with E-state index in [1.54, 1.807) is 11.9 Å². The summed E-state index contributed by atoms with van der Waals surface area (Å²) in [7, 11) is 1.78. The molecule has 0 aliphatic carbocycles. The van der Waals surface area contributed by atoms with E-state index >= 15 is 0 Å². The highest BCUT2D eigenvalue weighted by molar-refractivity contribution is 5.92. The highest BCUT2D eigenvalue weighted by atomic mass is 16.2. The molecule has 21 heavy (non-hydrogen) atoms. The number of amides is 1. The molecule has 0 aliphatic heterocycles. The van der Waals surface area contributed by atoms with Gasteiger partial charge in [0.05, 0.1) is 0 Å². The maximum atomic E-state index is 12.2. The number of nitrogens with one attached hydrogen (secondary N) is 1. The van der Waals surface area contributed by atoms with Crippen LogP contribution in [0.3, 0.4) is 0 Å². The number of hydrogen-bond donors (Lipinski definition) is 1.